The fraction of sp³-hybridized carbons (Fsp3) is 0.261. The van der Waals surface area contributed by atoms with E-state index in [0.717, 1.165) is 11.6 Å². The highest BCUT2D eigenvalue weighted by atomic mass is 19.1. The topological polar surface area (TPSA) is 83.8 Å². The molecule has 0 bridgehead atoms. The number of rotatable bonds is 5. The number of nitrogens with one attached hydrogen (secondary N) is 2. The Kier molecular flexibility index (Phi) is 4.96. The zero-order valence-corrected chi connectivity index (χ0v) is 17.1. The van der Waals surface area contributed by atoms with Crippen LogP contribution in [0.3, 0.4) is 0 Å². The maximum Gasteiger partial charge on any atom is 0.235 e. The first-order valence-electron chi connectivity index (χ1n) is 10.2. The molecule has 2 aromatic heterocycles. The van der Waals surface area contributed by atoms with Gasteiger partial charge in [-0.3, -0.25) is 4.79 Å². The van der Waals surface area contributed by atoms with Crippen LogP contribution in [0.1, 0.15) is 36.1 Å². The predicted molar refractivity (Wildman–Crippen MR) is 110 cm³/mol. The van der Waals surface area contributed by atoms with E-state index in [1.54, 1.807) is 19.1 Å². The van der Waals surface area contributed by atoms with E-state index < -0.39 is 11.6 Å². The van der Waals surface area contributed by atoms with Crippen molar-refractivity contribution >= 4 is 16.8 Å². The molecule has 2 aromatic carbocycles. The number of amides is 1. The Bertz CT molecular complexity index is 1310. The smallest absolute Gasteiger partial charge is 0.235 e. The molecule has 0 unspecified atom stereocenters. The molecule has 4 aromatic rings. The average molecular weight is 440 g/mol. The quantitative estimate of drug-likeness (QED) is 0.469. The molecule has 32 heavy (non-hydrogen) atoms. The van der Waals surface area contributed by atoms with Crippen molar-refractivity contribution in [1.82, 2.24) is 20.5 Å². The molecule has 0 radical (unpaired) electrons. The van der Waals surface area contributed by atoms with E-state index in [1.165, 1.54) is 18.2 Å². The number of carbonyl (C=O) groups is 1. The fourth-order valence-electron chi connectivity index (χ4n) is 4.29. The minimum absolute atomic E-state index is 0.0774. The third kappa shape index (κ3) is 3.63. The maximum absolute atomic E-state index is 14.5. The third-order valence-electron chi connectivity index (χ3n) is 5.90. The Morgan fingerprint density at radius 2 is 1.88 bits per heavy atom. The minimum atomic E-state index is -0.696. The number of hydrogen-bond acceptors (Lipinski definition) is 4. The van der Waals surface area contributed by atoms with E-state index in [4.69, 9.17) is 4.42 Å². The van der Waals surface area contributed by atoms with E-state index >= 15 is 0 Å². The zero-order chi connectivity index (χ0) is 22.4. The van der Waals surface area contributed by atoms with Crippen molar-refractivity contribution < 1.29 is 22.4 Å². The van der Waals surface area contributed by atoms with Crippen LogP contribution in [0.25, 0.3) is 22.2 Å². The Labute approximate surface area is 180 Å². The summed E-state index contributed by atoms with van der Waals surface area (Å²) in [6.07, 6.45) is 1.04. The van der Waals surface area contributed by atoms with Gasteiger partial charge in [-0.1, -0.05) is 0 Å². The number of H-pyrrole nitrogens is 1. The number of aromatic nitrogens is 3. The van der Waals surface area contributed by atoms with Crippen LogP contribution in [-0.2, 0) is 11.3 Å². The average Bonchev–Trinajstić information content (AvgIpc) is 3.30. The Balaban J connectivity index is 1.40. The van der Waals surface area contributed by atoms with Crippen molar-refractivity contribution in [1.29, 1.82) is 0 Å². The van der Waals surface area contributed by atoms with E-state index in [1.807, 2.05) is 0 Å². The van der Waals surface area contributed by atoms with Crippen molar-refractivity contribution in [2.45, 2.75) is 32.2 Å². The lowest BCUT2D eigenvalue weighted by Gasteiger charge is -2.35. The Morgan fingerprint density at radius 1 is 1.12 bits per heavy atom. The van der Waals surface area contributed by atoms with Gasteiger partial charge in [-0.15, -0.1) is 10.2 Å². The summed E-state index contributed by atoms with van der Waals surface area (Å²) in [6, 6.07) is 7.94. The van der Waals surface area contributed by atoms with Gasteiger partial charge in [0.05, 0.1) is 17.8 Å². The van der Waals surface area contributed by atoms with Crippen LogP contribution < -0.4 is 5.32 Å². The third-order valence-corrected chi connectivity index (χ3v) is 5.90. The normalized spacial score (nSPS) is 18.0. The summed E-state index contributed by atoms with van der Waals surface area (Å²) in [6.45, 7) is 1.81. The van der Waals surface area contributed by atoms with E-state index in [0.29, 0.717) is 41.3 Å². The summed E-state index contributed by atoms with van der Waals surface area (Å²) in [7, 11) is 0. The monoisotopic (exact) mass is 440 g/mol. The number of halogens is 3. The maximum atomic E-state index is 14.5. The largest absolute Gasteiger partial charge is 0.424 e. The van der Waals surface area contributed by atoms with Crippen molar-refractivity contribution in [2.24, 2.45) is 5.92 Å². The highest BCUT2D eigenvalue weighted by Crippen LogP contribution is 2.48. The van der Waals surface area contributed by atoms with Crippen molar-refractivity contribution in [3.8, 4) is 11.3 Å². The zero-order valence-electron chi connectivity index (χ0n) is 17.1. The second-order valence-electron chi connectivity index (χ2n) is 8.03. The molecule has 2 N–H and O–H groups in total. The molecule has 1 aliphatic carbocycles. The lowest BCUT2D eigenvalue weighted by Crippen LogP contribution is -2.37. The fourth-order valence-corrected chi connectivity index (χ4v) is 4.29. The summed E-state index contributed by atoms with van der Waals surface area (Å²) in [5.41, 5.74) is 2.20. The molecule has 0 atom stereocenters. The van der Waals surface area contributed by atoms with Crippen LogP contribution >= 0.6 is 0 Å². The molecule has 1 fully saturated rings. The molecule has 2 heterocycles. The van der Waals surface area contributed by atoms with Crippen molar-refractivity contribution in [3.05, 3.63) is 71.2 Å². The molecule has 164 valence electrons. The summed E-state index contributed by atoms with van der Waals surface area (Å²) < 4.78 is 47.1. The lowest BCUT2D eigenvalue weighted by molar-refractivity contribution is -0.128. The van der Waals surface area contributed by atoms with Gasteiger partial charge in [0.25, 0.3) is 0 Å². The van der Waals surface area contributed by atoms with Crippen LogP contribution in [0.4, 0.5) is 13.2 Å². The second kappa shape index (κ2) is 7.81. The van der Waals surface area contributed by atoms with Gasteiger partial charge in [-0.2, -0.15) is 0 Å². The molecule has 0 saturated heterocycles. The number of nitrogens with zero attached hydrogens (tertiary/aromatic N) is 2. The van der Waals surface area contributed by atoms with Gasteiger partial charge >= 0.3 is 0 Å². The Morgan fingerprint density at radius 3 is 2.56 bits per heavy atom. The minimum Gasteiger partial charge on any atom is -0.424 e. The van der Waals surface area contributed by atoms with Gasteiger partial charge < -0.3 is 14.7 Å². The number of carbonyl (C=O) groups excluding carboxylic acids is 1. The number of benzene rings is 2. The molecule has 0 spiro atoms. The Hall–Kier alpha value is -3.62. The van der Waals surface area contributed by atoms with Crippen LogP contribution in [-0.4, -0.2) is 21.1 Å². The number of aryl methyl sites for hydroxylation is 1. The molecule has 6 nitrogen and oxygen atoms in total. The summed E-state index contributed by atoms with van der Waals surface area (Å²) in [5.74, 6) is -1.47. The van der Waals surface area contributed by atoms with Crippen molar-refractivity contribution in [2.75, 3.05) is 0 Å². The SMILES string of the molecule is Cc1nnc(CNC(=O)C2CC(c3c(-c4ccc(F)cc4)[nH]c4c(F)cc(F)cc34)C2)o1. The summed E-state index contributed by atoms with van der Waals surface area (Å²) in [5, 5.41) is 10.8. The van der Waals surface area contributed by atoms with Gasteiger partial charge in [0.15, 0.2) is 0 Å². The van der Waals surface area contributed by atoms with Crippen LogP contribution in [0.5, 0.6) is 0 Å². The lowest BCUT2D eigenvalue weighted by atomic mass is 9.70. The van der Waals surface area contributed by atoms with Gasteiger partial charge in [0, 0.05) is 24.3 Å². The van der Waals surface area contributed by atoms with Crippen LogP contribution in [0.15, 0.2) is 40.8 Å². The molecular weight excluding hydrogens is 421 g/mol. The second-order valence-corrected chi connectivity index (χ2v) is 8.03. The number of fused-ring (bicyclic) bond motifs is 1. The summed E-state index contributed by atoms with van der Waals surface area (Å²) in [4.78, 5) is 15.6. The number of hydrogen-bond donors (Lipinski definition) is 2. The van der Waals surface area contributed by atoms with Gasteiger partial charge in [-0.25, -0.2) is 13.2 Å². The summed E-state index contributed by atoms with van der Waals surface area (Å²) >= 11 is 0. The molecule has 5 rings (SSSR count). The molecule has 1 saturated carbocycles. The molecule has 0 aliphatic heterocycles. The van der Waals surface area contributed by atoms with Gasteiger partial charge in [-0.05, 0) is 60.2 Å². The van der Waals surface area contributed by atoms with Gasteiger partial charge in [0.2, 0.25) is 17.7 Å². The van der Waals surface area contributed by atoms with E-state index in [9.17, 15) is 18.0 Å². The van der Waals surface area contributed by atoms with E-state index in [2.05, 4.69) is 20.5 Å². The molecule has 1 amide bonds. The molecular formula is C23H19F3N4O2. The van der Waals surface area contributed by atoms with Crippen LogP contribution in [0.2, 0.25) is 0 Å². The van der Waals surface area contributed by atoms with Gasteiger partial charge in [0.1, 0.15) is 17.5 Å². The molecule has 9 heteroatoms. The first kappa shape index (κ1) is 20.3. The first-order valence-corrected chi connectivity index (χ1v) is 10.2. The first-order chi connectivity index (χ1) is 15.4. The highest BCUT2D eigenvalue weighted by molar-refractivity contribution is 5.92. The van der Waals surface area contributed by atoms with Crippen LogP contribution in [0, 0.1) is 30.3 Å². The standard InChI is InChI=1S/C23H19F3N4O2/c1-11-29-30-19(32-11)10-27-23(31)14-6-13(7-14)20-17-8-16(25)9-18(26)22(17)28-21(20)12-2-4-15(24)5-3-12/h2-5,8-9,13-14,28H,6-7,10H2,1H3,(H,27,31). The number of aromatic amines is 1. The highest BCUT2D eigenvalue weighted by Gasteiger charge is 2.38. The van der Waals surface area contributed by atoms with Crippen molar-refractivity contribution in [3.63, 3.8) is 0 Å². The van der Waals surface area contributed by atoms with E-state index in [-0.39, 0.29) is 35.6 Å². The predicted octanol–water partition coefficient (Wildman–Crippen LogP) is 4.75. The molecule has 1 aliphatic rings.